The summed E-state index contributed by atoms with van der Waals surface area (Å²) in [5, 5.41) is 10.6. The standard InChI is InChI=1S/C16H21N3O/c1-11-14-7-2-3-8-15(14)16(19-18-11)20-10-13-6-4-5-12(13)9-17/h2-3,7-8,12-13H,4-6,9-10,17H2,1H3. The van der Waals surface area contributed by atoms with Crippen LogP contribution in [0.4, 0.5) is 0 Å². The molecule has 1 aliphatic rings. The lowest BCUT2D eigenvalue weighted by Crippen LogP contribution is -2.23. The zero-order valence-electron chi connectivity index (χ0n) is 11.9. The third kappa shape index (κ3) is 2.48. The number of ether oxygens (including phenoxy) is 1. The zero-order chi connectivity index (χ0) is 13.9. The number of rotatable bonds is 4. The van der Waals surface area contributed by atoms with Crippen LogP contribution in [0.25, 0.3) is 10.8 Å². The van der Waals surface area contributed by atoms with Crippen molar-refractivity contribution >= 4 is 10.8 Å². The summed E-state index contributed by atoms with van der Waals surface area (Å²) in [6.45, 7) is 3.43. The molecule has 20 heavy (non-hydrogen) atoms. The highest BCUT2D eigenvalue weighted by Crippen LogP contribution is 2.32. The van der Waals surface area contributed by atoms with Crippen LogP contribution in [0.2, 0.25) is 0 Å². The highest BCUT2D eigenvalue weighted by molar-refractivity contribution is 5.88. The van der Waals surface area contributed by atoms with Crippen molar-refractivity contribution < 1.29 is 4.74 Å². The molecule has 2 N–H and O–H groups in total. The van der Waals surface area contributed by atoms with Gasteiger partial charge in [-0.1, -0.05) is 24.6 Å². The van der Waals surface area contributed by atoms with Crippen molar-refractivity contribution in [3.8, 4) is 5.88 Å². The Labute approximate surface area is 119 Å². The molecule has 2 atom stereocenters. The molecule has 2 aromatic rings. The molecular weight excluding hydrogens is 250 g/mol. The van der Waals surface area contributed by atoms with Crippen molar-refractivity contribution in [3.63, 3.8) is 0 Å². The van der Waals surface area contributed by atoms with Gasteiger partial charge in [-0.2, -0.15) is 5.10 Å². The summed E-state index contributed by atoms with van der Waals surface area (Å²) >= 11 is 0. The maximum Gasteiger partial charge on any atom is 0.241 e. The fourth-order valence-electron chi connectivity index (χ4n) is 3.15. The molecule has 1 aliphatic carbocycles. The molecule has 106 valence electrons. The molecule has 4 nitrogen and oxygen atoms in total. The Kier molecular flexibility index (Phi) is 3.83. The van der Waals surface area contributed by atoms with Gasteiger partial charge in [0.15, 0.2) is 0 Å². The summed E-state index contributed by atoms with van der Waals surface area (Å²) in [6, 6.07) is 8.13. The van der Waals surface area contributed by atoms with Crippen LogP contribution >= 0.6 is 0 Å². The first-order chi connectivity index (χ1) is 9.79. The molecule has 1 fully saturated rings. The molecule has 0 saturated heterocycles. The van der Waals surface area contributed by atoms with Crippen molar-refractivity contribution in [1.82, 2.24) is 10.2 Å². The second-order valence-corrected chi connectivity index (χ2v) is 5.63. The van der Waals surface area contributed by atoms with E-state index in [9.17, 15) is 0 Å². The summed E-state index contributed by atoms with van der Waals surface area (Å²) in [5.41, 5.74) is 6.76. The van der Waals surface area contributed by atoms with Crippen molar-refractivity contribution in [2.45, 2.75) is 26.2 Å². The van der Waals surface area contributed by atoms with Crippen LogP contribution in [-0.4, -0.2) is 23.3 Å². The highest BCUT2D eigenvalue weighted by atomic mass is 16.5. The van der Waals surface area contributed by atoms with E-state index in [1.807, 2.05) is 25.1 Å². The molecule has 0 aliphatic heterocycles. The van der Waals surface area contributed by atoms with Gasteiger partial charge in [-0.3, -0.25) is 0 Å². The number of nitrogens with two attached hydrogens (primary N) is 1. The van der Waals surface area contributed by atoms with E-state index in [1.54, 1.807) is 0 Å². The normalized spacial score (nSPS) is 22.3. The zero-order valence-corrected chi connectivity index (χ0v) is 11.9. The largest absolute Gasteiger partial charge is 0.476 e. The van der Waals surface area contributed by atoms with E-state index in [4.69, 9.17) is 10.5 Å². The van der Waals surface area contributed by atoms with Crippen LogP contribution in [0, 0.1) is 18.8 Å². The van der Waals surface area contributed by atoms with Crippen LogP contribution in [-0.2, 0) is 0 Å². The molecule has 1 heterocycles. The van der Waals surface area contributed by atoms with Gasteiger partial charge in [0.25, 0.3) is 0 Å². The molecule has 0 spiro atoms. The molecule has 1 aromatic carbocycles. The van der Waals surface area contributed by atoms with Gasteiger partial charge in [-0.05, 0) is 44.2 Å². The molecule has 1 aromatic heterocycles. The van der Waals surface area contributed by atoms with Gasteiger partial charge in [-0.15, -0.1) is 5.10 Å². The summed E-state index contributed by atoms with van der Waals surface area (Å²) in [4.78, 5) is 0. The van der Waals surface area contributed by atoms with Crippen molar-refractivity contribution in [3.05, 3.63) is 30.0 Å². The van der Waals surface area contributed by atoms with E-state index in [0.717, 1.165) is 23.0 Å². The molecule has 1 saturated carbocycles. The fraction of sp³-hybridized carbons (Fsp3) is 0.500. The first kappa shape index (κ1) is 13.3. The molecule has 0 amide bonds. The summed E-state index contributed by atoms with van der Waals surface area (Å²) < 4.78 is 5.96. The third-order valence-corrected chi connectivity index (χ3v) is 4.39. The Morgan fingerprint density at radius 3 is 2.70 bits per heavy atom. The van der Waals surface area contributed by atoms with Gasteiger partial charge in [0, 0.05) is 10.8 Å². The molecule has 4 heteroatoms. The van der Waals surface area contributed by atoms with Gasteiger partial charge in [0.1, 0.15) is 0 Å². The van der Waals surface area contributed by atoms with E-state index in [-0.39, 0.29) is 0 Å². The van der Waals surface area contributed by atoms with E-state index in [0.29, 0.717) is 24.3 Å². The minimum Gasteiger partial charge on any atom is -0.476 e. The third-order valence-electron chi connectivity index (χ3n) is 4.39. The Balaban J connectivity index is 1.79. The van der Waals surface area contributed by atoms with Crippen molar-refractivity contribution in [2.24, 2.45) is 17.6 Å². The average Bonchev–Trinajstić information content (AvgIpc) is 2.94. The second kappa shape index (κ2) is 5.75. The minimum atomic E-state index is 0.557. The summed E-state index contributed by atoms with van der Waals surface area (Å²) in [6.07, 6.45) is 3.69. The Morgan fingerprint density at radius 1 is 1.15 bits per heavy atom. The maximum atomic E-state index is 5.96. The fourth-order valence-corrected chi connectivity index (χ4v) is 3.15. The molecular formula is C16H21N3O. The number of fused-ring (bicyclic) bond motifs is 1. The topological polar surface area (TPSA) is 61.0 Å². The number of hydrogen-bond donors (Lipinski definition) is 1. The summed E-state index contributed by atoms with van der Waals surface area (Å²) in [5.74, 6) is 1.80. The molecule has 0 bridgehead atoms. The molecule has 2 unspecified atom stereocenters. The predicted octanol–water partition coefficient (Wildman–Crippen LogP) is 2.69. The van der Waals surface area contributed by atoms with Crippen LogP contribution in [0.5, 0.6) is 5.88 Å². The van der Waals surface area contributed by atoms with Crippen molar-refractivity contribution in [2.75, 3.05) is 13.2 Å². The van der Waals surface area contributed by atoms with E-state index in [2.05, 4.69) is 16.3 Å². The number of aromatic nitrogens is 2. The first-order valence-electron chi connectivity index (χ1n) is 7.34. The number of hydrogen-bond acceptors (Lipinski definition) is 4. The van der Waals surface area contributed by atoms with Gasteiger partial charge in [0.2, 0.25) is 5.88 Å². The van der Waals surface area contributed by atoms with Crippen LogP contribution in [0.3, 0.4) is 0 Å². The molecule has 3 rings (SSSR count). The van der Waals surface area contributed by atoms with E-state index < -0.39 is 0 Å². The highest BCUT2D eigenvalue weighted by Gasteiger charge is 2.26. The first-order valence-corrected chi connectivity index (χ1v) is 7.34. The van der Waals surface area contributed by atoms with Crippen molar-refractivity contribution in [1.29, 1.82) is 0 Å². The smallest absolute Gasteiger partial charge is 0.241 e. The quantitative estimate of drug-likeness (QED) is 0.928. The van der Waals surface area contributed by atoms with Gasteiger partial charge >= 0.3 is 0 Å². The number of aryl methyl sites for hydroxylation is 1. The number of nitrogens with zero attached hydrogens (tertiary/aromatic N) is 2. The second-order valence-electron chi connectivity index (χ2n) is 5.63. The van der Waals surface area contributed by atoms with Crippen LogP contribution in [0.1, 0.15) is 25.0 Å². The lowest BCUT2D eigenvalue weighted by Gasteiger charge is -2.18. The minimum absolute atomic E-state index is 0.557. The van der Waals surface area contributed by atoms with Crippen LogP contribution < -0.4 is 10.5 Å². The number of benzene rings is 1. The van der Waals surface area contributed by atoms with E-state index in [1.165, 1.54) is 19.3 Å². The van der Waals surface area contributed by atoms with E-state index >= 15 is 0 Å². The monoisotopic (exact) mass is 271 g/mol. The Hall–Kier alpha value is -1.68. The maximum absolute atomic E-state index is 5.96. The summed E-state index contributed by atoms with van der Waals surface area (Å²) in [7, 11) is 0. The van der Waals surface area contributed by atoms with Gasteiger partial charge in [-0.25, -0.2) is 0 Å². The lowest BCUT2D eigenvalue weighted by atomic mass is 9.97. The SMILES string of the molecule is Cc1nnc(OCC2CCCC2CN)c2ccccc12. The van der Waals surface area contributed by atoms with Gasteiger partial charge in [0.05, 0.1) is 12.3 Å². The Bertz CT molecular complexity index is 599. The predicted molar refractivity (Wildman–Crippen MR) is 79.7 cm³/mol. The van der Waals surface area contributed by atoms with Gasteiger partial charge < -0.3 is 10.5 Å². The lowest BCUT2D eigenvalue weighted by molar-refractivity contribution is 0.211. The molecule has 0 radical (unpaired) electrons. The Morgan fingerprint density at radius 2 is 1.90 bits per heavy atom. The van der Waals surface area contributed by atoms with Crippen LogP contribution in [0.15, 0.2) is 24.3 Å². The average molecular weight is 271 g/mol.